The lowest BCUT2D eigenvalue weighted by atomic mass is 9.64. The van der Waals surface area contributed by atoms with Crippen molar-refractivity contribution in [3.8, 4) is 0 Å². The summed E-state index contributed by atoms with van der Waals surface area (Å²) in [5.41, 5.74) is 3.68. The number of hydrogen-bond acceptors (Lipinski definition) is 1. The van der Waals surface area contributed by atoms with Gasteiger partial charge in [0, 0.05) is 4.90 Å². The van der Waals surface area contributed by atoms with Crippen molar-refractivity contribution in [2.45, 2.75) is 15.9 Å². The van der Waals surface area contributed by atoms with Crippen molar-refractivity contribution >= 4 is 27.5 Å². The maximum atomic E-state index is 13.5. The molecule has 0 saturated carbocycles. The summed E-state index contributed by atoms with van der Waals surface area (Å²) in [5, 5.41) is 0. The van der Waals surface area contributed by atoms with Gasteiger partial charge in [-0.1, -0.05) is 24.3 Å². The van der Waals surface area contributed by atoms with Crippen LogP contribution in [0.1, 0.15) is 16.7 Å². The van der Waals surface area contributed by atoms with E-state index >= 15 is 0 Å². The van der Waals surface area contributed by atoms with Crippen LogP contribution in [0.4, 0.5) is 4.39 Å². The molecule has 0 unspecified atom stereocenters. The molecule has 2 aromatic carbocycles. The molecule has 3 rings (SSSR count). The largest absolute Gasteiger partial charge is 0.207 e. The smallest absolute Gasteiger partial charge is 0.123 e. The lowest BCUT2D eigenvalue weighted by Crippen LogP contribution is -2.23. The first-order chi connectivity index (χ1) is 8.56. The Morgan fingerprint density at radius 2 is 1.83 bits per heavy atom. The molecule has 0 fully saturated rings. The number of thioether (sulfide) groups is 1. The first kappa shape index (κ1) is 11.9. The van der Waals surface area contributed by atoms with Crippen molar-refractivity contribution in [2.24, 2.45) is 0 Å². The van der Waals surface area contributed by atoms with E-state index < -0.39 is 0 Å². The average molecular weight is 254 g/mol. The van der Waals surface area contributed by atoms with Crippen LogP contribution in [0.2, 0.25) is 0 Å². The van der Waals surface area contributed by atoms with Gasteiger partial charge < -0.3 is 0 Å². The number of halogens is 1. The fourth-order valence-corrected chi connectivity index (χ4v) is 3.82. The standard InChI is InChI=1S/C14H13B2FS/c15-14(16)12-8-11(17)6-5-9(12)7-10-3-1-2-4-13(10)18-14/h1-6,8H,7,15-16H2. The minimum atomic E-state index is -0.145. The highest BCUT2D eigenvalue weighted by atomic mass is 32.2. The fourth-order valence-electron chi connectivity index (χ4n) is 2.55. The summed E-state index contributed by atoms with van der Waals surface area (Å²) in [4.78, 5) is 1.30. The van der Waals surface area contributed by atoms with E-state index in [0.29, 0.717) is 0 Å². The molecule has 0 spiro atoms. The molecule has 0 saturated heterocycles. The Balaban J connectivity index is 2.21. The summed E-state index contributed by atoms with van der Waals surface area (Å²) in [6.45, 7) is 0. The van der Waals surface area contributed by atoms with E-state index in [0.717, 1.165) is 12.0 Å². The molecule has 1 aliphatic rings. The molecule has 0 radical (unpaired) electrons. The second-order valence-corrected chi connectivity index (χ2v) is 6.86. The van der Waals surface area contributed by atoms with Crippen LogP contribution in [-0.4, -0.2) is 15.7 Å². The van der Waals surface area contributed by atoms with Gasteiger partial charge >= 0.3 is 0 Å². The Kier molecular flexibility index (Phi) is 2.78. The van der Waals surface area contributed by atoms with Crippen molar-refractivity contribution in [3.05, 3.63) is 65.0 Å². The summed E-state index contributed by atoms with van der Waals surface area (Å²) in [7, 11) is 4.33. The van der Waals surface area contributed by atoms with Gasteiger partial charge in [0.2, 0.25) is 0 Å². The van der Waals surface area contributed by atoms with Crippen LogP contribution in [-0.2, 0) is 11.0 Å². The predicted octanol–water partition coefficient (Wildman–Crippen LogP) is 1.90. The van der Waals surface area contributed by atoms with Crippen LogP contribution in [0.25, 0.3) is 0 Å². The highest BCUT2D eigenvalue weighted by molar-refractivity contribution is 8.02. The zero-order valence-corrected chi connectivity index (χ0v) is 11.4. The molecule has 1 aliphatic heterocycles. The van der Waals surface area contributed by atoms with Gasteiger partial charge in [-0.05, 0) is 45.9 Å². The number of benzene rings is 2. The van der Waals surface area contributed by atoms with E-state index in [4.69, 9.17) is 0 Å². The zero-order valence-electron chi connectivity index (χ0n) is 10.5. The number of fused-ring (bicyclic) bond motifs is 2. The maximum absolute atomic E-state index is 13.5. The Morgan fingerprint density at radius 1 is 1.06 bits per heavy atom. The third kappa shape index (κ3) is 1.99. The van der Waals surface area contributed by atoms with Crippen LogP contribution in [0, 0.1) is 5.82 Å². The number of rotatable bonds is 0. The van der Waals surface area contributed by atoms with Crippen LogP contribution >= 0.6 is 11.8 Å². The molecule has 0 bridgehead atoms. The Labute approximate surface area is 113 Å². The molecular weight excluding hydrogens is 241 g/mol. The SMILES string of the molecule is BC1(B)Sc2ccccc2Cc2ccc(F)cc21. The van der Waals surface area contributed by atoms with Crippen LogP contribution in [0.3, 0.4) is 0 Å². The molecule has 2 aromatic rings. The zero-order chi connectivity index (χ0) is 12.8. The van der Waals surface area contributed by atoms with Crippen molar-refractivity contribution < 1.29 is 4.39 Å². The van der Waals surface area contributed by atoms with Crippen LogP contribution in [0.5, 0.6) is 0 Å². The van der Waals surface area contributed by atoms with Gasteiger partial charge in [0.15, 0.2) is 0 Å². The summed E-state index contributed by atoms with van der Waals surface area (Å²) in [6, 6.07) is 13.6. The minimum Gasteiger partial charge on any atom is -0.207 e. The van der Waals surface area contributed by atoms with E-state index in [1.165, 1.54) is 16.0 Å². The van der Waals surface area contributed by atoms with Gasteiger partial charge in [-0.2, -0.15) is 0 Å². The molecule has 88 valence electrons. The maximum Gasteiger partial charge on any atom is 0.123 e. The third-order valence-electron chi connectivity index (χ3n) is 3.44. The van der Waals surface area contributed by atoms with E-state index in [-0.39, 0.29) is 10.4 Å². The molecule has 0 N–H and O–H groups in total. The summed E-state index contributed by atoms with van der Waals surface area (Å²) >= 11 is 1.82. The number of hydrogen-bond donors (Lipinski definition) is 0. The summed E-state index contributed by atoms with van der Waals surface area (Å²) in [6.07, 6.45) is 0.891. The molecule has 0 aliphatic carbocycles. The minimum absolute atomic E-state index is 0.0932. The normalized spacial score (nSPS) is 16.5. The molecular formula is C14H13B2FS. The Morgan fingerprint density at radius 3 is 2.67 bits per heavy atom. The van der Waals surface area contributed by atoms with Gasteiger partial charge in [0.05, 0.1) is 0 Å². The van der Waals surface area contributed by atoms with Crippen molar-refractivity contribution in [1.29, 1.82) is 0 Å². The quantitative estimate of drug-likeness (QED) is 0.647. The van der Waals surface area contributed by atoms with Gasteiger partial charge in [-0.15, -0.1) is 11.8 Å². The van der Waals surface area contributed by atoms with Gasteiger partial charge in [0.25, 0.3) is 0 Å². The average Bonchev–Trinajstić information content (AvgIpc) is 2.43. The molecule has 4 heteroatoms. The second-order valence-electron chi connectivity index (χ2n) is 5.20. The van der Waals surface area contributed by atoms with Crippen LogP contribution in [0.15, 0.2) is 47.4 Å². The monoisotopic (exact) mass is 254 g/mol. The Hall–Kier alpha value is -1.15. The lowest BCUT2D eigenvalue weighted by molar-refractivity contribution is 0.625. The molecule has 0 atom stereocenters. The van der Waals surface area contributed by atoms with E-state index in [2.05, 4.69) is 40.0 Å². The molecule has 1 heterocycles. The Bertz CT molecular complexity index is 610. The predicted molar refractivity (Wildman–Crippen MR) is 80.3 cm³/mol. The molecule has 0 amide bonds. The topological polar surface area (TPSA) is 0 Å². The molecule has 0 nitrogen and oxygen atoms in total. The van der Waals surface area contributed by atoms with Crippen LogP contribution < -0.4 is 0 Å². The van der Waals surface area contributed by atoms with Gasteiger partial charge in [0.1, 0.15) is 21.5 Å². The van der Waals surface area contributed by atoms with Crippen molar-refractivity contribution in [1.82, 2.24) is 0 Å². The van der Waals surface area contributed by atoms with E-state index in [1.807, 2.05) is 17.8 Å². The molecule has 18 heavy (non-hydrogen) atoms. The highest BCUT2D eigenvalue weighted by Gasteiger charge is 2.29. The lowest BCUT2D eigenvalue weighted by Gasteiger charge is -2.25. The fraction of sp³-hybridized carbons (Fsp3) is 0.143. The van der Waals surface area contributed by atoms with Crippen molar-refractivity contribution in [3.63, 3.8) is 0 Å². The first-order valence-electron chi connectivity index (χ1n) is 6.12. The highest BCUT2D eigenvalue weighted by Crippen LogP contribution is 2.43. The van der Waals surface area contributed by atoms with Gasteiger partial charge in [-0.3, -0.25) is 0 Å². The third-order valence-corrected chi connectivity index (χ3v) is 4.79. The van der Waals surface area contributed by atoms with Crippen molar-refractivity contribution in [2.75, 3.05) is 0 Å². The van der Waals surface area contributed by atoms with Gasteiger partial charge in [-0.25, -0.2) is 4.39 Å². The first-order valence-corrected chi connectivity index (χ1v) is 6.94. The second kappa shape index (κ2) is 4.20. The van der Waals surface area contributed by atoms with E-state index in [1.54, 1.807) is 12.1 Å². The summed E-state index contributed by atoms with van der Waals surface area (Å²) < 4.78 is 13.4. The van der Waals surface area contributed by atoms with E-state index in [9.17, 15) is 4.39 Å². The summed E-state index contributed by atoms with van der Waals surface area (Å²) in [5.74, 6) is -0.145. The molecule has 0 aromatic heterocycles.